The van der Waals surface area contributed by atoms with Gasteiger partial charge in [0.05, 0.1) is 12.0 Å². The molecular formula is C29H36ClNO3. The van der Waals surface area contributed by atoms with Crippen LogP contribution >= 0.6 is 12.4 Å². The first kappa shape index (κ1) is 23.8. The van der Waals surface area contributed by atoms with Gasteiger partial charge in [0.2, 0.25) is 0 Å². The molecule has 0 unspecified atom stereocenters. The second-order valence-corrected chi connectivity index (χ2v) is 10.9. The number of carbonyl (C=O) groups excluding carboxylic acids is 1. The van der Waals surface area contributed by atoms with E-state index in [1.807, 2.05) is 36.4 Å². The third-order valence-electron chi connectivity index (χ3n) is 9.21. The van der Waals surface area contributed by atoms with Gasteiger partial charge in [-0.2, -0.15) is 0 Å². The Kier molecular flexibility index (Phi) is 6.52. The first-order valence-electron chi connectivity index (χ1n) is 12.9. The number of hydrogen-bond acceptors (Lipinski definition) is 4. The summed E-state index contributed by atoms with van der Waals surface area (Å²) < 4.78 is 5.80. The van der Waals surface area contributed by atoms with Crippen LogP contribution in [0.1, 0.15) is 68.1 Å². The number of fused-ring (bicyclic) bond motifs is 1. The lowest BCUT2D eigenvalue weighted by molar-refractivity contribution is -0.169. The molecule has 0 aromatic heterocycles. The summed E-state index contributed by atoms with van der Waals surface area (Å²) >= 11 is 0. The molecule has 2 aromatic carbocycles. The molecule has 3 fully saturated rings. The van der Waals surface area contributed by atoms with Gasteiger partial charge in [0, 0.05) is 18.0 Å². The Morgan fingerprint density at radius 3 is 2.59 bits per heavy atom. The van der Waals surface area contributed by atoms with E-state index in [1.165, 1.54) is 30.4 Å². The van der Waals surface area contributed by atoms with E-state index >= 15 is 0 Å². The Hall–Kier alpha value is -1.88. The third kappa shape index (κ3) is 3.88. The van der Waals surface area contributed by atoms with Gasteiger partial charge in [-0.15, -0.1) is 12.4 Å². The van der Waals surface area contributed by atoms with Gasteiger partial charge in [-0.05, 0) is 79.8 Å². The van der Waals surface area contributed by atoms with Crippen molar-refractivity contribution in [3.8, 4) is 5.75 Å². The van der Waals surface area contributed by atoms with Crippen LogP contribution in [0.4, 0.5) is 0 Å². The van der Waals surface area contributed by atoms with Crippen molar-refractivity contribution in [2.75, 3.05) is 13.1 Å². The number of likely N-dealkylation sites (tertiary alicyclic amines) is 1. The first-order chi connectivity index (χ1) is 16.1. The molecule has 3 atom stereocenters. The van der Waals surface area contributed by atoms with Crippen LogP contribution in [0.3, 0.4) is 0 Å². The SMILES string of the molecule is Cl.O=C(Cc1ccccc1)Oc1ccc2c(c1)[C@@]13CCCC[C@@]1(O)[C@@H](C2)N(CC1CCC1)CC3. The van der Waals surface area contributed by atoms with Gasteiger partial charge < -0.3 is 9.84 Å². The quantitative estimate of drug-likeness (QED) is 0.469. The molecule has 1 saturated heterocycles. The number of piperidine rings is 1. The fourth-order valence-electron chi connectivity index (χ4n) is 7.30. The minimum Gasteiger partial charge on any atom is -0.426 e. The number of carbonyl (C=O) groups is 1. The average molecular weight is 482 g/mol. The van der Waals surface area contributed by atoms with Crippen LogP contribution in [0.2, 0.25) is 0 Å². The molecule has 0 spiro atoms. The number of halogens is 1. The van der Waals surface area contributed by atoms with Gasteiger partial charge >= 0.3 is 5.97 Å². The molecule has 0 radical (unpaired) electrons. The van der Waals surface area contributed by atoms with E-state index in [0.717, 1.165) is 63.1 Å². The summed E-state index contributed by atoms with van der Waals surface area (Å²) in [5.74, 6) is 1.20. The van der Waals surface area contributed by atoms with Gasteiger partial charge in [-0.3, -0.25) is 9.69 Å². The van der Waals surface area contributed by atoms with Crippen molar-refractivity contribution in [2.45, 2.75) is 81.3 Å². The minimum atomic E-state index is -0.674. The zero-order valence-corrected chi connectivity index (χ0v) is 20.7. The zero-order chi connectivity index (χ0) is 22.5. The predicted octanol–water partition coefficient (Wildman–Crippen LogP) is 5.23. The van der Waals surface area contributed by atoms with Crippen molar-refractivity contribution in [2.24, 2.45) is 5.92 Å². The molecule has 5 heteroatoms. The molecule has 2 bridgehead atoms. The van der Waals surface area contributed by atoms with E-state index in [9.17, 15) is 9.90 Å². The molecule has 1 N–H and O–H groups in total. The fourth-order valence-corrected chi connectivity index (χ4v) is 7.30. The number of esters is 1. The summed E-state index contributed by atoms with van der Waals surface area (Å²) in [6.45, 7) is 2.22. The maximum absolute atomic E-state index is 12.6. The second kappa shape index (κ2) is 9.29. The standard InChI is InChI=1S/C29H35NO3.ClH/c31-27(17-21-7-2-1-3-8-21)33-24-12-11-23-18-26-29(32)14-5-4-13-28(29,25(23)19-24)15-16-30(26)20-22-9-6-10-22;/h1-3,7-8,11-12,19,22,26,32H,4-6,9-10,13-18,20H2;1H/t26-,28+,29-;/m1./s1. The van der Waals surface area contributed by atoms with E-state index in [-0.39, 0.29) is 36.3 Å². The molecule has 4 aliphatic rings. The summed E-state index contributed by atoms with van der Waals surface area (Å²) in [6.07, 6.45) is 10.4. The molecule has 182 valence electrons. The Labute approximate surface area is 209 Å². The Bertz CT molecular complexity index is 1040. The largest absolute Gasteiger partial charge is 0.426 e. The molecule has 34 heavy (non-hydrogen) atoms. The van der Waals surface area contributed by atoms with Crippen molar-refractivity contribution in [3.63, 3.8) is 0 Å². The summed E-state index contributed by atoms with van der Waals surface area (Å²) in [5.41, 5.74) is 2.67. The fraction of sp³-hybridized carbons (Fsp3) is 0.552. The summed E-state index contributed by atoms with van der Waals surface area (Å²) in [6, 6.07) is 16.2. The lowest BCUT2D eigenvalue weighted by atomic mass is 9.49. The van der Waals surface area contributed by atoms with Crippen molar-refractivity contribution in [3.05, 3.63) is 65.2 Å². The molecule has 2 saturated carbocycles. The minimum absolute atomic E-state index is 0. The Morgan fingerprint density at radius 2 is 1.82 bits per heavy atom. The molecule has 3 aliphatic carbocycles. The maximum Gasteiger partial charge on any atom is 0.315 e. The van der Waals surface area contributed by atoms with Gasteiger partial charge in [-0.25, -0.2) is 0 Å². The molecule has 6 rings (SSSR count). The highest BCUT2D eigenvalue weighted by Gasteiger charge is 2.63. The highest BCUT2D eigenvalue weighted by molar-refractivity contribution is 5.85. The predicted molar refractivity (Wildman–Crippen MR) is 136 cm³/mol. The van der Waals surface area contributed by atoms with Crippen LogP contribution in [0.15, 0.2) is 48.5 Å². The van der Waals surface area contributed by atoms with Crippen LogP contribution in [-0.4, -0.2) is 40.7 Å². The van der Waals surface area contributed by atoms with E-state index in [1.54, 1.807) is 0 Å². The van der Waals surface area contributed by atoms with Crippen molar-refractivity contribution < 1.29 is 14.6 Å². The highest BCUT2D eigenvalue weighted by atomic mass is 35.5. The summed E-state index contributed by atoms with van der Waals surface area (Å²) in [4.78, 5) is 15.2. The number of aliphatic hydroxyl groups is 1. The van der Waals surface area contributed by atoms with Gasteiger partial charge in [0.25, 0.3) is 0 Å². The second-order valence-electron chi connectivity index (χ2n) is 10.9. The van der Waals surface area contributed by atoms with Crippen LogP contribution in [0, 0.1) is 5.92 Å². The Morgan fingerprint density at radius 1 is 1.03 bits per heavy atom. The highest BCUT2D eigenvalue weighted by Crippen LogP contribution is 2.58. The number of rotatable bonds is 5. The first-order valence-corrected chi connectivity index (χ1v) is 12.9. The topological polar surface area (TPSA) is 49.8 Å². The molecule has 1 heterocycles. The molecular weight excluding hydrogens is 446 g/mol. The van der Waals surface area contributed by atoms with Crippen LogP contribution < -0.4 is 4.74 Å². The third-order valence-corrected chi connectivity index (χ3v) is 9.21. The van der Waals surface area contributed by atoms with E-state index in [0.29, 0.717) is 5.75 Å². The number of nitrogens with zero attached hydrogens (tertiary/aromatic N) is 1. The van der Waals surface area contributed by atoms with Gasteiger partial charge in [0.1, 0.15) is 5.75 Å². The molecule has 1 aliphatic heterocycles. The monoisotopic (exact) mass is 481 g/mol. The van der Waals surface area contributed by atoms with E-state index < -0.39 is 5.60 Å². The Balaban J connectivity index is 0.00000241. The lowest BCUT2D eigenvalue weighted by Crippen LogP contribution is -2.72. The number of hydrogen-bond donors (Lipinski definition) is 1. The molecule has 0 amide bonds. The van der Waals surface area contributed by atoms with E-state index in [2.05, 4.69) is 17.0 Å². The maximum atomic E-state index is 12.6. The van der Waals surface area contributed by atoms with Crippen molar-refractivity contribution in [1.29, 1.82) is 0 Å². The normalized spacial score (nSPS) is 30.3. The van der Waals surface area contributed by atoms with Crippen LogP contribution in [0.5, 0.6) is 5.75 Å². The van der Waals surface area contributed by atoms with Crippen LogP contribution in [0.25, 0.3) is 0 Å². The summed E-state index contributed by atoms with van der Waals surface area (Å²) in [5, 5.41) is 12.3. The number of benzene rings is 2. The smallest absolute Gasteiger partial charge is 0.315 e. The lowest BCUT2D eigenvalue weighted by Gasteiger charge is -2.64. The molecule has 4 nitrogen and oxygen atoms in total. The summed E-state index contributed by atoms with van der Waals surface area (Å²) in [7, 11) is 0. The average Bonchev–Trinajstić information content (AvgIpc) is 2.78. The van der Waals surface area contributed by atoms with E-state index in [4.69, 9.17) is 4.74 Å². The molecule has 2 aromatic rings. The van der Waals surface area contributed by atoms with Gasteiger partial charge in [0.15, 0.2) is 0 Å². The van der Waals surface area contributed by atoms with Crippen molar-refractivity contribution >= 4 is 18.4 Å². The number of ether oxygens (including phenoxy) is 1. The van der Waals surface area contributed by atoms with Gasteiger partial charge in [-0.1, -0.05) is 55.7 Å². The van der Waals surface area contributed by atoms with Crippen molar-refractivity contribution in [1.82, 2.24) is 4.90 Å². The van der Waals surface area contributed by atoms with Crippen LogP contribution in [-0.2, 0) is 23.1 Å². The zero-order valence-electron chi connectivity index (χ0n) is 19.9.